The second-order valence-electron chi connectivity index (χ2n) is 15.0. The van der Waals surface area contributed by atoms with Crippen LogP contribution >= 0.6 is 11.6 Å². The Balaban J connectivity index is 1.51. The second-order valence-corrected chi connectivity index (χ2v) is 17.2. The summed E-state index contributed by atoms with van der Waals surface area (Å²) >= 11 is 6.20. The summed E-state index contributed by atoms with van der Waals surface area (Å²) in [5.41, 5.74) is 1.69. The maximum atomic E-state index is 15.2. The van der Waals surface area contributed by atoms with E-state index in [2.05, 4.69) is 6.07 Å². The van der Waals surface area contributed by atoms with Crippen molar-refractivity contribution < 1.29 is 58.9 Å². The lowest BCUT2D eigenvalue weighted by Gasteiger charge is -2.30. The van der Waals surface area contributed by atoms with Crippen LogP contribution in [-0.4, -0.2) is 55.6 Å². The van der Waals surface area contributed by atoms with Crippen LogP contribution in [-0.2, 0) is 38.1 Å². The number of aromatic carboxylic acids is 1. The molecule has 0 spiro atoms. The Morgan fingerprint density at radius 1 is 0.877 bits per heavy atom. The van der Waals surface area contributed by atoms with E-state index >= 15 is 8.78 Å². The van der Waals surface area contributed by atoms with E-state index in [1.165, 1.54) is 18.2 Å². The van der Waals surface area contributed by atoms with Gasteiger partial charge >= 0.3 is 5.97 Å². The summed E-state index contributed by atoms with van der Waals surface area (Å²) in [7, 11) is -5.80. The lowest BCUT2D eigenvalue weighted by Crippen LogP contribution is -2.43. The summed E-state index contributed by atoms with van der Waals surface area (Å²) in [6.07, 6.45) is 1.71. The summed E-state index contributed by atoms with van der Waals surface area (Å²) in [6.45, 7) is 3.89. The predicted octanol–water partition coefficient (Wildman–Crippen LogP) is 8.64. The molecule has 1 aliphatic carbocycles. The molecule has 17 heteroatoms. The highest BCUT2D eigenvalue weighted by atomic mass is 35.5. The van der Waals surface area contributed by atoms with Crippen LogP contribution < -0.4 is 9.64 Å². The zero-order chi connectivity index (χ0) is 41.6. The van der Waals surface area contributed by atoms with Gasteiger partial charge in [0.25, 0.3) is 0 Å². The first kappa shape index (κ1) is 42.0. The number of halogens is 7. The molecule has 6 rings (SSSR count). The van der Waals surface area contributed by atoms with E-state index in [9.17, 15) is 40.7 Å². The molecule has 1 saturated carbocycles. The third-order valence-corrected chi connectivity index (χ3v) is 11.9. The quantitative estimate of drug-likeness (QED) is 0.0815. The van der Waals surface area contributed by atoms with E-state index in [1.54, 1.807) is 0 Å². The number of rotatable bonds is 13. The van der Waals surface area contributed by atoms with Crippen LogP contribution in [0.5, 0.6) is 5.75 Å². The van der Waals surface area contributed by atoms with Gasteiger partial charge in [-0.2, -0.15) is 4.31 Å². The molecule has 4 aromatic rings. The molecule has 57 heavy (non-hydrogen) atoms. The van der Waals surface area contributed by atoms with Gasteiger partial charge in [0.2, 0.25) is 21.7 Å². The van der Waals surface area contributed by atoms with Gasteiger partial charge in [0, 0.05) is 18.0 Å². The molecule has 0 aromatic heterocycles. The van der Waals surface area contributed by atoms with E-state index in [0.717, 1.165) is 47.1 Å². The first-order valence-electron chi connectivity index (χ1n) is 17.8. The van der Waals surface area contributed by atoms with E-state index in [4.69, 9.17) is 21.1 Å². The zero-order valence-electron chi connectivity index (χ0n) is 30.9. The van der Waals surface area contributed by atoms with E-state index in [-0.39, 0.29) is 56.4 Å². The number of carbonyl (C=O) groups is 2. The minimum Gasteiger partial charge on any atom is -0.486 e. The molecule has 4 aromatic carbocycles. The number of hydrogen-bond acceptors (Lipinski definition) is 6. The molecule has 304 valence electrons. The van der Waals surface area contributed by atoms with Gasteiger partial charge in [-0.1, -0.05) is 56.6 Å². The van der Waals surface area contributed by atoms with Gasteiger partial charge in [-0.05, 0) is 76.8 Å². The molecular weight excluding hydrogens is 802 g/mol. The molecule has 2 fully saturated rings. The van der Waals surface area contributed by atoms with Crippen molar-refractivity contribution in [1.29, 1.82) is 0 Å². The zero-order valence-corrected chi connectivity index (χ0v) is 32.4. The first-order valence-corrected chi connectivity index (χ1v) is 19.6. The summed E-state index contributed by atoms with van der Waals surface area (Å²) in [5.74, 6) is -16.1. The molecule has 1 amide bonds. The van der Waals surface area contributed by atoms with Crippen LogP contribution in [0.1, 0.15) is 78.6 Å². The van der Waals surface area contributed by atoms with Crippen molar-refractivity contribution in [3.63, 3.8) is 0 Å². The molecule has 1 saturated heterocycles. The van der Waals surface area contributed by atoms with Gasteiger partial charge in [-0.3, -0.25) is 4.79 Å². The Kier molecular flexibility index (Phi) is 12.0. The molecule has 9 nitrogen and oxygen atoms in total. The number of anilines is 1. The number of nitrogens with zero attached hydrogens (tertiary/aromatic N) is 2. The minimum absolute atomic E-state index is 0.0283. The largest absolute Gasteiger partial charge is 0.486 e. The number of ether oxygens (including phenoxy) is 2. The molecule has 1 N–H and O–H groups in total. The van der Waals surface area contributed by atoms with Gasteiger partial charge in [-0.25, -0.2) is 39.6 Å². The summed E-state index contributed by atoms with van der Waals surface area (Å²) < 4.78 is 127. The maximum absolute atomic E-state index is 15.2. The van der Waals surface area contributed by atoms with Crippen molar-refractivity contribution >= 4 is 39.2 Å². The van der Waals surface area contributed by atoms with Gasteiger partial charge in [-0.15, -0.1) is 0 Å². The number of amides is 1. The number of carboxylic acids is 1. The normalized spacial score (nSPS) is 15.9. The van der Waals surface area contributed by atoms with Crippen LogP contribution in [0.4, 0.5) is 32.0 Å². The number of carbonyl (C=O) groups excluding carboxylic acids is 1. The van der Waals surface area contributed by atoms with Crippen LogP contribution in [0, 0.1) is 34.9 Å². The third-order valence-electron chi connectivity index (χ3n) is 9.69. The summed E-state index contributed by atoms with van der Waals surface area (Å²) in [6, 6.07) is 12.2. The van der Waals surface area contributed by atoms with Crippen LogP contribution in [0.25, 0.3) is 0 Å². The number of carboxylic acid groups (broad SMARTS) is 1. The number of sulfonamides is 1. The highest BCUT2D eigenvalue weighted by Crippen LogP contribution is 2.42. The molecule has 1 heterocycles. The fourth-order valence-corrected chi connectivity index (χ4v) is 8.08. The number of hydrogen-bond donors (Lipinski definition) is 1. The van der Waals surface area contributed by atoms with Crippen molar-refractivity contribution in [3.8, 4) is 5.75 Å². The topological polar surface area (TPSA) is 113 Å². The maximum Gasteiger partial charge on any atom is 0.335 e. The fraction of sp³-hybridized carbons (Fsp3) is 0.350. The molecule has 0 bridgehead atoms. The van der Waals surface area contributed by atoms with Crippen molar-refractivity contribution in [3.05, 3.63) is 122 Å². The fourth-order valence-electron chi connectivity index (χ4n) is 6.38. The first-order chi connectivity index (χ1) is 26.8. The minimum atomic E-state index is -5.80. The van der Waals surface area contributed by atoms with Gasteiger partial charge in [0.1, 0.15) is 17.7 Å². The Morgan fingerprint density at radius 2 is 1.54 bits per heavy atom. The SMILES string of the molecule is CC(C)(C)c1cc(CN(C(=O)CN(Cc2ccc(F)cc2Cl)S(=O)(=O)c2c(F)c(F)c(F)c(F)c2F)c2ccc(C(=O)O)cc2O[C@H]2CCOC2)cc(C2CC2)c1. The van der Waals surface area contributed by atoms with Crippen LogP contribution in [0.15, 0.2) is 59.5 Å². The van der Waals surface area contributed by atoms with Crippen LogP contribution in [0.3, 0.4) is 0 Å². The lowest BCUT2D eigenvalue weighted by atomic mass is 9.84. The summed E-state index contributed by atoms with van der Waals surface area (Å²) in [4.78, 5) is 25.7. The van der Waals surface area contributed by atoms with Crippen molar-refractivity contribution in [2.45, 2.75) is 75.5 Å². The van der Waals surface area contributed by atoms with E-state index < -0.39 is 80.9 Å². The summed E-state index contributed by atoms with van der Waals surface area (Å²) in [5, 5.41) is 9.46. The molecule has 2 aliphatic rings. The molecule has 1 aliphatic heterocycles. The standard InChI is InChI=1S/C40H37ClF6N2O7S/c1-40(2,3)26-13-21(12-25(14-26)22-4-5-22)17-49(30-9-7-23(39(51)52)15-31(30)56-28-10-11-55-20-28)32(50)19-48(18-24-6-8-27(42)16-29(24)41)57(53,54)38-36(46)34(44)33(43)35(45)37(38)47/h6-9,12-16,22,28H,4-5,10-11,17-20H2,1-3H3,(H,51,52)/t28-/m0/s1. The highest BCUT2D eigenvalue weighted by molar-refractivity contribution is 7.89. The third kappa shape index (κ3) is 9.09. The van der Waals surface area contributed by atoms with Crippen LogP contribution in [0.2, 0.25) is 5.02 Å². The van der Waals surface area contributed by atoms with Crippen molar-refractivity contribution in [2.24, 2.45) is 0 Å². The smallest absolute Gasteiger partial charge is 0.335 e. The van der Waals surface area contributed by atoms with E-state index in [1.807, 2.05) is 32.9 Å². The monoisotopic (exact) mass is 838 g/mol. The average Bonchev–Trinajstić information content (AvgIpc) is 3.88. The Bertz CT molecular complexity index is 2320. The van der Waals surface area contributed by atoms with E-state index in [0.29, 0.717) is 18.6 Å². The molecule has 1 atom stereocenters. The van der Waals surface area contributed by atoms with Gasteiger partial charge < -0.3 is 19.5 Å². The van der Waals surface area contributed by atoms with Crippen molar-refractivity contribution in [2.75, 3.05) is 24.7 Å². The van der Waals surface area contributed by atoms with Gasteiger partial charge in [0.05, 0.1) is 37.6 Å². The Hall–Kier alpha value is -4.64. The lowest BCUT2D eigenvalue weighted by molar-refractivity contribution is -0.119. The second kappa shape index (κ2) is 16.3. The highest BCUT2D eigenvalue weighted by Gasteiger charge is 2.39. The predicted molar refractivity (Wildman–Crippen MR) is 197 cm³/mol. The van der Waals surface area contributed by atoms with Gasteiger partial charge in [0.15, 0.2) is 28.2 Å². The van der Waals surface area contributed by atoms with Crippen molar-refractivity contribution in [1.82, 2.24) is 4.31 Å². The molecule has 0 unspecified atom stereocenters. The molecular formula is C40H37ClF6N2O7S. The molecule has 0 radical (unpaired) electrons. The average molecular weight is 839 g/mol. The Labute approximate surface area is 329 Å². The number of benzene rings is 4. The Morgan fingerprint density at radius 3 is 2.12 bits per heavy atom.